The Morgan fingerprint density at radius 2 is 1.60 bits per heavy atom. The molecule has 0 radical (unpaired) electrons. The van der Waals surface area contributed by atoms with Crippen LogP contribution in [-0.4, -0.2) is 74.9 Å². The van der Waals surface area contributed by atoms with E-state index in [1.54, 1.807) is 25.3 Å². The minimum atomic E-state index is -0.505. The maximum atomic E-state index is 13.5. The van der Waals surface area contributed by atoms with E-state index in [9.17, 15) is 9.18 Å². The van der Waals surface area contributed by atoms with Crippen LogP contribution in [0.25, 0.3) is 10.9 Å². The molecule has 0 bridgehead atoms. The lowest BCUT2D eigenvalue weighted by Crippen LogP contribution is -2.24. The highest BCUT2D eigenvalue weighted by molar-refractivity contribution is 6.31. The van der Waals surface area contributed by atoms with E-state index < -0.39 is 11.4 Å². The highest BCUT2D eigenvalue weighted by atomic mass is 35.5. The molecule has 0 aliphatic heterocycles. The van der Waals surface area contributed by atoms with Crippen molar-refractivity contribution in [2.45, 2.75) is 32.8 Å². The predicted molar refractivity (Wildman–Crippen MR) is 149 cm³/mol. The number of halogens is 2. The summed E-state index contributed by atoms with van der Waals surface area (Å²) >= 11 is 5.90. The molecule has 1 heterocycles. The zero-order valence-electron chi connectivity index (χ0n) is 23.1. The van der Waals surface area contributed by atoms with Crippen LogP contribution in [-0.2, 0) is 23.7 Å². The minimum absolute atomic E-state index is 0.00285. The number of carbonyl (C=O) groups is 1. The molecular weight excluding hydrogens is 545 g/mol. The van der Waals surface area contributed by atoms with Crippen LogP contribution in [0.1, 0.15) is 27.2 Å². The molecule has 0 unspecified atom stereocenters. The molecule has 0 saturated heterocycles. The van der Waals surface area contributed by atoms with Gasteiger partial charge in [-0.1, -0.05) is 11.6 Å². The normalized spacial score (nSPS) is 11.4. The van der Waals surface area contributed by atoms with Gasteiger partial charge in [0.25, 0.3) is 0 Å². The van der Waals surface area contributed by atoms with Crippen LogP contribution in [0.5, 0.6) is 11.5 Å². The summed E-state index contributed by atoms with van der Waals surface area (Å²) in [5, 5.41) is 3.82. The van der Waals surface area contributed by atoms with Crippen LogP contribution in [0.3, 0.4) is 0 Å². The van der Waals surface area contributed by atoms with Gasteiger partial charge in [-0.05, 0) is 45.0 Å². The van der Waals surface area contributed by atoms with Crippen molar-refractivity contribution >= 4 is 40.0 Å². The quantitative estimate of drug-likeness (QED) is 0.176. The van der Waals surface area contributed by atoms with Gasteiger partial charge >= 0.3 is 5.97 Å². The number of carbonyl (C=O) groups excluding carboxylic acids is 1. The Bertz CT molecular complexity index is 1260. The Balaban J connectivity index is 1.38. The van der Waals surface area contributed by atoms with Gasteiger partial charge in [-0.2, -0.15) is 0 Å². The summed E-state index contributed by atoms with van der Waals surface area (Å²) in [6, 6.07) is 7.84. The fourth-order valence-electron chi connectivity index (χ4n) is 3.45. The number of benzene rings is 2. The number of anilines is 2. The number of hydrogen-bond donors (Lipinski definition) is 1. The molecule has 1 N–H and O–H groups in total. The largest absolute Gasteiger partial charge is 0.493 e. The number of rotatable bonds is 16. The van der Waals surface area contributed by atoms with Gasteiger partial charge in [0, 0.05) is 17.1 Å². The van der Waals surface area contributed by atoms with E-state index in [4.69, 9.17) is 40.0 Å². The van der Waals surface area contributed by atoms with Crippen molar-refractivity contribution in [3.05, 3.63) is 47.5 Å². The minimum Gasteiger partial charge on any atom is -0.493 e. The lowest BCUT2D eigenvalue weighted by molar-refractivity contribution is -0.156. The third kappa shape index (κ3) is 10.4. The number of methoxy groups -OCH3 is 1. The van der Waals surface area contributed by atoms with E-state index in [1.807, 2.05) is 20.8 Å². The van der Waals surface area contributed by atoms with Gasteiger partial charge in [-0.25, -0.2) is 14.4 Å². The molecule has 3 rings (SSSR count). The molecule has 0 atom stereocenters. The van der Waals surface area contributed by atoms with Crippen LogP contribution in [0.15, 0.2) is 36.7 Å². The Labute approximate surface area is 238 Å². The Hall–Kier alpha value is -3.25. The monoisotopic (exact) mass is 579 g/mol. The zero-order chi connectivity index (χ0) is 29.0. The predicted octanol–water partition coefficient (Wildman–Crippen LogP) is 5.33. The SMILES string of the molecule is COc1cc2ncnc(Nc3ccc(F)c(Cl)c3)c2cc1OCCOCCOCCOCCC(=O)OC(C)(C)C. The smallest absolute Gasteiger partial charge is 0.308 e. The summed E-state index contributed by atoms with van der Waals surface area (Å²) in [7, 11) is 1.55. The average molecular weight is 580 g/mol. The van der Waals surface area contributed by atoms with Crippen LogP contribution in [0.2, 0.25) is 5.02 Å². The van der Waals surface area contributed by atoms with Crippen molar-refractivity contribution in [2.24, 2.45) is 0 Å². The number of fused-ring (bicyclic) bond motifs is 1. The first kappa shape index (κ1) is 31.3. The maximum absolute atomic E-state index is 13.5. The number of nitrogens with zero attached hydrogens (tertiary/aromatic N) is 2. The van der Waals surface area contributed by atoms with Gasteiger partial charge in [0.1, 0.15) is 30.2 Å². The summed E-state index contributed by atoms with van der Waals surface area (Å²) in [5.74, 6) is 0.717. The van der Waals surface area contributed by atoms with Crippen LogP contribution >= 0.6 is 11.6 Å². The molecule has 0 saturated carbocycles. The maximum Gasteiger partial charge on any atom is 0.308 e. The van der Waals surface area contributed by atoms with E-state index in [2.05, 4.69) is 15.3 Å². The molecule has 2 aromatic carbocycles. The van der Waals surface area contributed by atoms with Crippen molar-refractivity contribution in [3.63, 3.8) is 0 Å². The van der Waals surface area contributed by atoms with E-state index in [0.717, 1.165) is 0 Å². The number of esters is 1. The van der Waals surface area contributed by atoms with Gasteiger partial charge in [-0.15, -0.1) is 0 Å². The van der Waals surface area contributed by atoms with Crippen molar-refractivity contribution in [1.29, 1.82) is 0 Å². The first-order valence-corrected chi connectivity index (χ1v) is 13.2. The van der Waals surface area contributed by atoms with Gasteiger partial charge in [0.05, 0.1) is 63.7 Å². The van der Waals surface area contributed by atoms with Crippen molar-refractivity contribution in [1.82, 2.24) is 9.97 Å². The lowest BCUT2D eigenvalue weighted by Gasteiger charge is -2.19. The second-order valence-corrected chi connectivity index (χ2v) is 9.93. The van der Waals surface area contributed by atoms with E-state index in [-0.39, 0.29) is 30.6 Å². The molecule has 0 spiro atoms. The second-order valence-electron chi connectivity index (χ2n) is 9.52. The van der Waals surface area contributed by atoms with E-state index >= 15 is 0 Å². The van der Waals surface area contributed by atoms with Crippen molar-refractivity contribution < 1.29 is 37.6 Å². The topological polar surface area (TPSA) is 110 Å². The molecule has 40 heavy (non-hydrogen) atoms. The summed E-state index contributed by atoms with van der Waals surface area (Å²) in [5.41, 5.74) is 0.717. The van der Waals surface area contributed by atoms with Crippen molar-refractivity contribution in [3.8, 4) is 11.5 Å². The highest BCUT2D eigenvalue weighted by Gasteiger charge is 2.16. The molecule has 0 aliphatic carbocycles. The third-order valence-corrected chi connectivity index (χ3v) is 5.49. The summed E-state index contributed by atoms with van der Waals surface area (Å²) < 4.78 is 46.5. The van der Waals surface area contributed by atoms with Crippen LogP contribution < -0.4 is 14.8 Å². The number of aromatic nitrogens is 2. The van der Waals surface area contributed by atoms with E-state index in [0.29, 0.717) is 66.9 Å². The molecule has 218 valence electrons. The molecule has 3 aromatic rings. The molecule has 10 nitrogen and oxygen atoms in total. The Morgan fingerprint density at radius 3 is 2.25 bits per heavy atom. The number of nitrogens with one attached hydrogen (secondary N) is 1. The molecule has 0 amide bonds. The Morgan fingerprint density at radius 1 is 0.925 bits per heavy atom. The second kappa shape index (κ2) is 15.5. The van der Waals surface area contributed by atoms with Gasteiger partial charge in [0.2, 0.25) is 0 Å². The van der Waals surface area contributed by atoms with Crippen LogP contribution in [0.4, 0.5) is 15.9 Å². The average Bonchev–Trinajstić information content (AvgIpc) is 2.90. The fraction of sp³-hybridized carbons (Fsp3) is 0.464. The molecular formula is C28H35ClFN3O7. The third-order valence-electron chi connectivity index (χ3n) is 5.20. The zero-order valence-corrected chi connectivity index (χ0v) is 23.9. The van der Waals surface area contributed by atoms with Gasteiger partial charge in [-0.3, -0.25) is 4.79 Å². The van der Waals surface area contributed by atoms with E-state index in [1.165, 1.54) is 18.5 Å². The highest BCUT2D eigenvalue weighted by Crippen LogP contribution is 2.35. The molecule has 0 aliphatic rings. The molecule has 1 aromatic heterocycles. The van der Waals surface area contributed by atoms with Crippen LogP contribution in [0, 0.1) is 5.82 Å². The molecule has 12 heteroatoms. The number of hydrogen-bond acceptors (Lipinski definition) is 10. The fourth-order valence-corrected chi connectivity index (χ4v) is 3.63. The standard InChI is InChI=1S/C28H35ClFN3O7/c1-28(2,3)40-26(34)7-8-36-9-10-37-11-12-38-13-14-39-25-16-20-23(17-24(25)35-4)31-18-32-27(20)33-19-5-6-22(30)21(29)15-19/h5-6,15-18H,7-14H2,1-4H3,(H,31,32,33). The first-order chi connectivity index (χ1) is 19.2. The summed E-state index contributed by atoms with van der Waals surface area (Å²) in [6.07, 6.45) is 1.62. The van der Waals surface area contributed by atoms with Crippen molar-refractivity contribution in [2.75, 3.05) is 58.7 Å². The summed E-state index contributed by atoms with van der Waals surface area (Å²) in [4.78, 5) is 20.2. The first-order valence-electron chi connectivity index (χ1n) is 12.8. The number of ether oxygens (including phenoxy) is 6. The Kier molecular flexibility index (Phi) is 12.1. The molecule has 0 fully saturated rings. The van der Waals surface area contributed by atoms with Gasteiger partial charge in [0.15, 0.2) is 11.5 Å². The lowest BCUT2D eigenvalue weighted by atomic mass is 10.2. The van der Waals surface area contributed by atoms with Gasteiger partial charge < -0.3 is 33.7 Å². The summed E-state index contributed by atoms with van der Waals surface area (Å²) in [6.45, 7) is 7.93.